The van der Waals surface area contributed by atoms with Crippen molar-refractivity contribution in [3.63, 3.8) is 0 Å². The van der Waals surface area contributed by atoms with Gasteiger partial charge >= 0.3 is 5.97 Å². The molecule has 0 unspecified atom stereocenters. The highest BCUT2D eigenvalue weighted by Crippen LogP contribution is 2.29. The highest BCUT2D eigenvalue weighted by atomic mass is 16.5. The van der Waals surface area contributed by atoms with E-state index in [1.807, 2.05) is 36.4 Å². The van der Waals surface area contributed by atoms with Crippen molar-refractivity contribution >= 4 is 5.97 Å². The first-order valence-electron chi connectivity index (χ1n) is 9.68. The summed E-state index contributed by atoms with van der Waals surface area (Å²) in [7, 11) is 6.45. The molecular weight excluding hydrogens is 372 g/mol. The zero-order valence-electron chi connectivity index (χ0n) is 17.7. The van der Waals surface area contributed by atoms with Crippen LogP contribution in [0.3, 0.4) is 0 Å². The molecule has 2 aromatic rings. The molecule has 0 fully saturated rings. The van der Waals surface area contributed by atoms with E-state index in [9.17, 15) is 4.79 Å². The van der Waals surface area contributed by atoms with Gasteiger partial charge in [0.05, 0.1) is 35.0 Å². The number of methoxy groups -OCH3 is 4. The van der Waals surface area contributed by atoms with Crippen LogP contribution in [0.5, 0.6) is 23.0 Å². The first-order valence-corrected chi connectivity index (χ1v) is 9.68. The van der Waals surface area contributed by atoms with Crippen LogP contribution in [-0.2, 0) is 22.4 Å². The Balaban J connectivity index is 1.67. The van der Waals surface area contributed by atoms with Gasteiger partial charge in [0.1, 0.15) is 0 Å². The van der Waals surface area contributed by atoms with Crippen LogP contribution in [0.4, 0.5) is 0 Å². The Labute approximate surface area is 172 Å². The minimum absolute atomic E-state index is 0.169. The van der Waals surface area contributed by atoms with E-state index >= 15 is 0 Å². The Morgan fingerprint density at radius 3 is 1.66 bits per heavy atom. The second kappa shape index (κ2) is 11.8. The molecule has 6 heteroatoms. The summed E-state index contributed by atoms with van der Waals surface area (Å²) >= 11 is 0. The summed E-state index contributed by atoms with van der Waals surface area (Å²) in [5.74, 6) is 2.64. The maximum absolute atomic E-state index is 11.9. The lowest BCUT2D eigenvalue weighted by molar-refractivity contribution is -0.143. The van der Waals surface area contributed by atoms with Crippen LogP contribution in [0.25, 0.3) is 0 Å². The van der Waals surface area contributed by atoms with E-state index in [1.54, 1.807) is 28.4 Å². The van der Waals surface area contributed by atoms with E-state index in [1.165, 1.54) is 0 Å². The van der Waals surface area contributed by atoms with E-state index < -0.39 is 0 Å². The highest BCUT2D eigenvalue weighted by molar-refractivity contribution is 5.69. The molecular formula is C23H30O6. The topological polar surface area (TPSA) is 63.2 Å². The summed E-state index contributed by atoms with van der Waals surface area (Å²) in [6.45, 7) is 0.406. The van der Waals surface area contributed by atoms with Crippen LogP contribution in [0, 0.1) is 0 Å². The lowest BCUT2D eigenvalue weighted by atomic mass is 10.1. The number of ether oxygens (including phenoxy) is 5. The molecule has 0 aliphatic heterocycles. The van der Waals surface area contributed by atoms with Gasteiger partial charge in [-0.05, 0) is 61.1 Å². The van der Waals surface area contributed by atoms with Gasteiger partial charge in [-0.2, -0.15) is 0 Å². The molecule has 0 aromatic heterocycles. The normalized spacial score (nSPS) is 10.3. The third kappa shape index (κ3) is 6.89. The van der Waals surface area contributed by atoms with Crippen molar-refractivity contribution in [3.8, 4) is 23.0 Å². The van der Waals surface area contributed by atoms with Gasteiger partial charge in [-0.25, -0.2) is 0 Å². The smallest absolute Gasteiger partial charge is 0.305 e. The highest BCUT2D eigenvalue weighted by Gasteiger charge is 2.08. The zero-order valence-corrected chi connectivity index (χ0v) is 17.7. The summed E-state index contributed by atoms with van der Waals surface area (Å²) in [4.78, 5) is 11.9. The number of carbonyl (C=O) groups excluding carboxylic acids is 1. The van der Waals surface area contributed by atoms with Gasteiger partial charge in [0.15, 0.2) is 23.0 Å². The van der Waals surface area contributed by atoms with Gasteiger partial charge < -0.3 is 23.7 Å². The maximum atomic E-state index is 11.9. The third-order valence-corrected chi connectivity index (χ3v) is 4.62. The summed E-state index contributed by atoms with van der Waals surface area (Å²) in [5, 5.41) is 0. The van der Waals surface area contributed by atoms with Crippen molar-refractivity contribution < 1.29 is 28.5 Å². The molecule has 29 heavy (non-hydrogen) atoms. The molecule has 0 radical (unpaired) electrons. The van der Waals surface area contributed by atoms with Gasteiger partial charge in [-0.1, -0.05) is 12.1 Å². The maximum Gasteiger partial charge on any atom is 0.305 e. The SMILES string of the molecule is COc1ccc(CCCOC(=O)CCCc2ccc(OC)c(OC)c2)cc1OC. The van der Waals surface area contributed by atoms with E-state index in [4.69, 9.17) is 23.7 Å². The van der Waals surface area contributed by atoms with Crippen molar-refractivity contribution in [1.82, 2.24) is 0 Å². The summed E-state index contributed by atoms with van der Waals surface area (Å²) in [6, 6.07) is 11.6. The van der Waals surface area contributed by atoms with Crippen LogP contribution in [0.1, 0.15) is 30.4 Å². The van der Waals surface area contributed by atoms with Crippen LogP contribution in [-0.4, -0.2) is 41.0 Å². The molecule has 0 amide bonds. The monoisotopic (exact) mass is 402 g/mol. The molecule has 2 rings (SSSR count). The fraction of sp³-hybridized carbons (Fsp3) is 0.435. The second-order valence-corrected chi connectivity index (χ2v) is 6.56. The predicted octanol–water partition coefficient (Wildman–Crippen LogP) is 4.22. The molecule has 0 spiro atoms. The van der Waals surface area contributed by atoms with Crippen LogP contribution >= 0.6 is 0 Å². The first-order chi connectivity index (χ1) is 14.1. The van der Waals surface area contributed by atoms with Crippen molar-refractivity contribution in [3.05, 3.63) is 47.5 Å². The molecule has 0 aliphatic carbocycles. The van der Waals surface area contributed by atoms with Crippen molar-refractivity contribution in [1.29, 1.82) is 0 Å². The lowest BCUT2D eigenvalue weighted by Crippen LogP contribution is -2.07. The Kier molecular flexibility index (Phi) is 9.15. The number of rotatable bonds is 12. The van der Waals surface area contributed by atoms with E-state index in [0.29, 0.717) is 36.0 Å². The number of hydrogen-bond acceptors (Lipinski definition) is 6. The average molecular weight is 402 g/mol. The third-order valence-electron chi connectivity index (χ3n) is 4.62. The summed E-state index contributed by atoms with van der Waals surface area (Å²) in [5.41, 5.74) is 2.22. The molecule has 158 valence electrons. The van der Waals surface area contributed by atoms with Crippen molar-refractivity contribution in [2.75, 3.05) is 35.0 Å². The molecule has 0 saturated heterocycles. The molecule has 2 aromatic carbocycles. The number of benzene rings is 2. The predicted molar refractivity (Wildman–Crippen MR) is 111 cm³/mol. The standard InChI is InChI=1S/C23H30O6/c1-25-19-12-10-17(15-21(19)27-3)7-5-9-23(24)29-14-6-8-18-11-13-20(26-2)22(16-18)28-4/h10-13,15-16H,5-9,14H2,1-4H3. The van der Waals surface area contributed by atoms with E-state index in [-0.39, 0.29) is 5.97 Å². The number of hydrogen-bond donors (Lipinski definition) is 0. The minimum Gasteiger partial charge on any atom is -0.493 e. The molecule has 0 bridgehead atoms. The molecule has 0 N–H and O–H groups in total. The number of carbonyl (C=O) groups is 1. The molecule has 0 atom stereocenters. The first kappa shape index (κ1) is 22.4. The van der Waals surface area contributed by atoms with Crippen LogP contribution in [0.2, 0.25) is 0 Å². The Bertz CT molecular complexity index is 787. The zero-order chi connectivity index (χ0) is 21.1. The molecule has 0 heterocycles. The fourth-order valence-corrected chi connectivity index (χ4v) is 3.04. The van der Waals surface area contributed by atoms with Crippen molar-refractivity contribution in [2.24, 2.45) is 0 Å². The summed E-state index contributed by atoms with van der Waals surface area (Å²) in [6.07, 6.45) is 3.46. The van der Waals surface area contributed by atoms with Crippen LogP contribution < -0.4 is 18.9 Å². The summed E-state index contributed by atoms with van der Waals surface area (Å²) < 4.78 is 26.4. The number of esters is 1. The lowest BCUT2D eigenvalue weighted by Gasteiger charge is -2.10. The fourth-order valence-electron chi connectivity index (χ4n) is 3.04. The van der Waals surface area contributed by atoms with Gasteiger partial charge in [0, 0.05) is 6.42 Å². The van der Waals surface area contributed by atoms with Gasteiger partial charge in [-0.15, -0.1) is 0 Å². The second-order valence-electron chi connectivity index (χ2n) is 6.56. The Morgan fingerprint density at radius 1 is 0.690 bits per heavy atom. The quantitative estimate of drug-likeness (QED) is 0.391. The van der Waals surface area contributed by atoms with Crippen LogP contribution in [0.15, 0.2) is 36.4 Å². The van der Waals surface area contributed by atoms with Gasteiger partial charge in [0.25, 0.3) is 0 Å². The van der Waals surface area contributed by atoms with E-state index in [0.717, 1.165) is 36.8 Å². The molecule has 0 aliphatic rings. The Hall–Kier alpha value is -2.89. The van der Waals surface area contributed by atoms with Gasteiger partial charge in [0.2, 0.25) is 0 Å². The molecule has 6 nitrogen and oxygen atoms in total. The van der Waals surface area contributed by atoms with E-state index in [2.05, 4.69) is 0 Å². The Morgan fingerprint density at radius 2 is 1.17 bits per heavy atom. The minimum atomic E-state index is -0.169. The van der Waals surface area contributed by atoms with Gasteiger partial charge in [-0.3, -0.25) is 4.79 Å². The number of aryl methyl sites for hydroxylation is 2. The van der Waals surface area contributed by atoms with Crippen molar-refractivity contribution in [2.45, 2.75) is 32.1 Å². The largest absolute Gasteiger partial charge is 0.493 e. The molecule has 0 saturated carbocycles. The average Bonchev–Trinajstić information content (AvgIpc) is 2.76.